The molecule has 0 spiro atoms. The Hall–Kier alpha value is -2.17. The van der Waals surface area contributed by atoms with Gasteiger partial charge in [0, 0.05) is 32.6 Å². The van der Waals surface area contributed by atoms with Crippen molar-refractivity contribution in [2.75, 3.05) is 27.2 Å². The van der Waals surface area contributed by atoms with E-state index in [0.717, 1.165) is 19.6 Å². The van der Waals surface area contributed by atoms with Crippen molar-refractivity contribution < 1.29 is 9.63 Å². The Morgan fingerprint density at radius 2 is 1.62 bits per heavy atom. The van der Waals surface area contributed by atoms with E-state index in [4.69, 9.17) is 4.84 Å². The molecule has 2 atom stereocenters. The van der Waals surface area contributed by atoms with Crippen molar-refractivity contribution >= 4 is 5.91 Å². The number of amides is 1. The molecule has 2 aromatic carbocycles. The quantitative estimate of drug-likeness (QED) is 0.762. The van der Waals surface area contributed by atoms with Gasteiger partial charge in [0.1, 0.15) is 0 Å². The molecule has 0 radical (unpaired) electrons. The van der Waals surface area contributed by atoms with Gasteiger partial charge in [-0.05, 0) is 11.1 Å². The van der Waals surface area contributed by atoms with Crippen LogP contribution in [0.15, 0.2) is 60.7 Å². The zero-order valence-electron chi connectivity index (χ0n) is 16.3. The van der Waals surface area contributed by atoms with Gasteiger partial charge in [-0.3, -0.25) is 14.5 Å². The lowest BCUT2D eigenvalue weighted by Gasteiger charge is -2.22. The fraction of sp³-hybridized carbons (Fsp3) is 0.409. The third kappa shape index (κ3) is 4.93. The van der Waals surface area contributed by atoms with Crippen molar-refractivity contribution in [2.24, 2.45) is 5.92 Å². The minimum absolute atomic E-state index is 0.0434. The summed E-state index contributed by atoms with van der Waals surface area (Å²) >= 11 is 0. The summed E-state index contributed by atoms with van der Waals surface area (Å²) in [6.45, 7) is 6.50. The highest BCUT2D eigenvalue weighted by Crippen LogP contribution is 2.34. The van der Waals surface area contributed by atoms with Crippen LogP contribution in [0.4, 0.5) is 0 Å². The van der Waals surface area contributed by atoms with Crippen LogP contribution >= 0.6 is 0 Å². The van der Waals surface area contributed by atoms with Gasteiger partial charge in [-0.1, -0.05) is 74.5 Å². The Kier molecular flexibility index (Phi) is 7.82. The van der Waals surface area contributed by atoms with E-state index in [1.807, 2.05) is 38.1 Å². The molecule has 0 saturated carbocycles. The first-order chi connectivity index (χ1) is 12.7. The first-order valence-electron chi connectivity index (χ1n) is 9.32. The van der Waals surface area contributed by atoms with Crippen molar-refractivity contribution in [1.29, 1.82) is 0 Å². The molecule has 1 amide bonds. The average Bonchev–Trinajstić information content (AvgIpc) is 3.13. The zero-order valence-corrected chi connectivity index (χ0v) is 16.3. The molecule has 1 aliphatic rings. The summed E-state index contributed by atoms with van der Waals surface area (Å²) < 4.78 is 0. The number of carbonyl (C=O) groups excluding carboxylic acids is 1. The lowest BCUT2D eigenvalue weighted by Crippen LogP contribution is -2.35. The molecule has 0 unspecified atom stereocenters. The van der Waals surface area contributed by atoms with Gasteiger partial charge < -0.3 is 0 Å². The summed E-state index contributed by atoms with van der Waals surface area (Å²) in [7, 11) is 3.22. The molecule has 26 heavy (non-hydrogen) atoms. The highest BCUT2D eigenvalue weighted by molar-refractivity contribution is 5.79. The minimum Gasteiger partial charge on any atom is -0.298 e. The number of benzene rings is 2. The Bertz CT molecular complexity index is 660. The van der Waals surface area contributed by atoms with E-state index < -0.39 is 0 Å². The molecule has 0 bridgehead atoms. The van der Waals surface area contributed by atoms with E-state index in [1.165, 1.54) is 23.3 Å². The van der Waals surface area contributed by atoms with Crippen LogP contribution in [0.25, 0.3) is 0 Å². The Morgan fingerprint density at radius 3 is 2.19 bits per heavy atom. The molecule has 1 saturated heterocycles. The predicted octanol–water partition coefficient (Wildman–Crippen LogP) is 3.95. The van der Waals surface area contributed by atoms with Gasteiger partial charge in [0.15, 0.2) is 0 Å². The van der Waals surface area contributed by atoms with Crippen LogP contribution in [-0.4, -0.2) is 43.1 Å². The van der Waals surface area contributed by atoms with Crippen molar-refractivity contribution in [3.05, 3.63) is 71.8 Å². The maximum Gasteiger partial charge on any atom is 0.250 e. The van der Waals surface area contributed by atoms with Crippen LogP contribution in [0.3, 0.4) is 0 Å². The largest absolute Gasteiger partial charge is 0.298 e. The van der Waals surface area contributed by atoms with Gasteiger partial charge in [-0.2, -0.15) is 0 Å². The number of hydrogen-bond acceptors (Lipinski definition) is 3. The fourth-order valence-corrected chi connectivity index (χ4v) is 3.47. The number of likely N-dealkylation sites (tertiary alicyclic amines) is 1. The topological polar surface area (TPSA) is 32.8 Å². The molecule has 4 heteroatoms. The average molecular weight is 354 g/mol. The summed E-state index contributed by atoms with van der Waals surface area (Å²) in [5.74, 6) is 0.156. The predicted molar refractivity (Wildman–Crippen MR) is 106 cm³/mol. The number of hydroxylamine groups is 2. The van der Waals surface area contributed by atoms with E-state index >= 15 is 0 Å². The van der Waals surface area contributed by atoms with Crippen LogP contribution < -0.4 is 0 Å². The molecule has 0 N–H and O–H groups in total. The van der Waals surface area contributed by atoms with E-state index in [9.17, 15) is 4.79 Å². The molecule has 0 aromatic heterocycles. The van der Waals surface area contributed by atoms with Gasteiger partial charge in [0.2, 0.25) is 0 Å². The Morgan fingerprint density at radius 1 is 1.04 bits per heavy atom. The Balaban J connectivity index is 0.00000117. The van der Waals surface area contributed by atoms with Gasteiger partial charge in [-0.25, -0.2) is 5.06 Å². The number of nitrogens with zero attached hydrogens (tertiary/aromatic N) is 2. The standard InChI is InChI=1S/C20H24N2O2.C2H6/c1-21(24-2)20(23)19-15-22(13-16-9-5-3-6-10-16)14-18(19)17-11-7-4-8-12-17;1-2/h3-12,18-19H,13-15H2,1-2H3;1-2H3/t18-,19+;/m1./s1. The monoisotopic (exact) mass is 354 g/mol. The molecular weight excluding hydrogens is 324 g/mol. The van der Waals surface area contributed by atoms with Crippen LogP contribution in [0, 0.1) is 5.92 Å². The maximum atomic E-state index is 12.7. The summed E-state index contributed by atoms with van der Waals surface area (Å²) in [5, 5.41) is 1.35. The SMILES string of the molecule is CC.CON(C)C(=O)[C@H]1CN(Cc2ccccc2)C[C@@H]1c1ccccc1. The second kappa shape index (κ2) is 10.1. The molecule has 1 heterocycles. The maximum absolute atomic E-state index is 12.7. The van der Waals surface area contributed by atoms with Gasteiger partial charge in [-0.15, -0.1) is 0 Å². The summed E-state index contributed by atoms with van der Waals surface area (Å²) in [6.07, 6.45) is 0. The summed E-state index contributed by atoms with van der Waals surface area (Å²) in [4.78, 5) is 20.2. The second-order valence-corrected chi connectivity index (χ2v) is 6.32. The number of hydrogen-bond donors (Lipinski definition) is 0. The molecule has 1 fully saturated rings. The van der Waals surface area contributed by atoms with Crippen molar-refractivity contribution in [3.63, 3.8) is 0 Å². The van der Waals surface area contributed by atoms with Crippen LogP contribution in [0.1, 0.15) is 30.9 Å². The van der Waals surface area contributed by atoms with E-state index in [-0.39, 0.29) is 17.7 Å². The van der Waals surface area contributed by atoms with E-state index in [0.29, 0.717) is 0 Å². The molecule has 140 valence electrons. The molecule has 3 rings (SSSR count). The molecule has 1 aliphatic heterocycles. The summed E-state index contributed by atoms with van der Waals surface area (Å²) in [6, 6.07) is 20.7. The summed E-state index contributed by atoms with van der Waals surface area (Å²) in [5.41, 5.74) is 2.49. The van der Waals surface area contributed by atoms with Gasteiger partial charge in [0.25, 0.3) is 5.91 Å². The fourth-order valence-electron chi connectivity index (χ4n) is 3.47. The first-order valence-corrected chi connectivity index (χ1v) is 9.32. The van der Waals surface area contributed by atoms with Crippen molar-refractivity contribution in [3.8, 4) is 0 Å². The molecule has 0 aliphatic carbocycles. The normalized spacial score (nSPS) is 19.5. The van der Waals surface area contributed by atoms with E-state index in [2.05, 4.69) is 41.3 Å². The highest BCUT2D eigenvalue weighted by atomic mass is 16.7. The van der Waals surface area contributed by atoms with Crippen molar-refractivity contribution in [2.45, 2.75) is 26.3 Å². The first kappa shape index (κ1) is 20.1. The lowest BCUT2D eigenvalue weighted by atomic mass is 9.88. The number of carbonyl (C=O) groups is 1. The lowest BCUT2D eigenvalue weighted by molar-refractivity contribution is -0.173. The zero-order chi connectivity index (χ0) is 18.9. The second-order valence-electron chi connectivity index (χ2n) is 6.32. The van der Waals surface area contributed by atoms with Crippen LogP contribution in [-0.2, 0) is 16.2 Å². The van der Waals surface area contributed by atoms with Gasteiger partial charge >= 0.3 is 0 Å². The highest BCUT2D eigenvalue weighted by Gasteiger charge is 2.39. The van der Waals surface area contributed by atoms with E-state index in [1.54, 1.807) is 7.05 Å². The third-order valence-electron chi connectivity index (χ3n) is 4.77. The molecule has 2 aromatic rings. The van der Waals surface area contributed by atoms with Crippen LogP contribution in [0.2, 0.25) is 0 Å². The smallest absolute Gasteiger partial charge is 0.250 e. The molecular formula is C22H30N2O2. The van der Waals surface area contributed by atoms with Crippen LogP contribution in [0.5, 0.6) is 0 Å². The number of rotatable bonds is 5. The third-order valence-corrected chi connectivity index (χ3v) is 4.77. The Labute approximate surface area is 157 Å². The minimum atomic E-state index is -0.0823. The van der Waals surface area contributed by atoms with Crippen molar-refractivity contribution in [1.82, 2.24) is 9.96 Å². The molecule has 4 nitrogen and oxygen atoms in total. The van der Waals surface area contributed by atoms with Gasteiger partial charge in [0.05, 0.1) is 13.0 Å².